The van der Waals surface area contributed by atoms with Crippen LogP contribution in [0.2, 0.25) is 0 Å². The van der Waals surface area contributed by atoms with Crippen molar-refractivity contribution < 1.29 is 4.79 Å². The molecule has 3 heterocycles. The summed E-state index contributed by atoms with van der Waals surface area (Å²) in [7, 11) is 0. The summed E-state index contributed by atoms with van der Waals surface area (Å²) < 4.78 is 4.12. The van der Waals surface area contributed by atoms with Crippen molar-refractivity contribution in [2.45, 2.75) is 58.0 Å². The maximum absolute atomic E-state index is 11.9. The van der Waals surface area contributed by atoms with Crippen molar-refractivity contribution in [3.63, 3.8) is 0 Å². The Morgan fingerprint density at radius 3 is 2.90 bits per heavy atom. The number of hydrogen-bond acceptors (Lipinski definition) is 5. The molecule has 2 fully saturated rings. The fraction of sp³-hybridized carbons (Fsp3) is 0.800. The quantitative estimate of drug-likeness (QED) is 0.856. The normalized spacial score (nSPS) is 24.2. The summed E-state index contributed by atoms with van der Waals surface area (Å²) in [4.78, 5) is 17.8. The Labute approximate surface area is 130 Å². The summed E-state index contributed by atoms with van der Waals surface area (Å²) >= 11 is 1.52. The van der Waals surface area contributed by atoms with Crippen LogP contribution in [0.15, 0.2) is 0 Å². The summed E-state index contributed by atoms with van der Waals surface area (Å²) in [6.45, 7) is 8.35. The molecule has 5 nitrogen and oxygen atoms in total. The Morgan fingerprint density at radius 2 is 2.19 bits per heavy atom. The number of likely N-dealkylation sites (tertiary alicyclic amines) is 2. The molecule has 1 aromatic heterocycles. The lowest BCUT2D eigenvalue weighted by atomic mass is 10.0. The van der Waals surface area contributed by atoms with Crippen LogP contribution in [0.1, 0.15) is 56.0 Å². The van der Waals surface area contributed by atoms with E-state index in [4.69, 9.17) is 0 Å². The molecule has 2 saturated heterocycles. The topological polar surface area (TPSA) is 49.3 Å². The predicted octanol–water partition coefficient (Wildman–Crippen LogP) is 2.25. The minimum absolute atomic E-state index is 0.351. The lowest BCUT2D eigenvalue weighted by Gasteiger charge is -2.37. The van der Waals surface area contributed by atoms with Gasteiger partial charge in [0.2, 0.25) is 5.91 Å². The van der Waals surface area contributed by atoms with Crippen LogP contribution in [0.25, 0.3) is 0 Å². The smallest absolute Gasteiger partial charge is 0.222 e. The van der Waals surface area contributed by atoms with E-state index in [0.29, 0.717) is 17.9 Å². The van der Waals surface area contributed by atoms with E-state index < -0.39 is 0 Å². The van der Waals surface area contributed by atoms with Gasteiger partial charge >= 0.3 is 0 Å². The molecule has 6 heteroatoms. The molecule has 0 saturated carbocycles. The molecular formula is C15H24N4OS. The van der Waals surface area contributed by atoms with Crippen molar-refractivity contribution in [3.8, 4) is 0 Å². The Morgan fingerprint density at radius 1 is 1.33 bits per heavy atom. The molecule has 0 unspecified atom stereocenters. The molecule has 0 N–H and O–H groups in total. The average molecular weight is 308 g/mol. The lowest BCUT2D eigenvalue weighted by molar-refractivity contribution is -0.130. The number of hydrogen-bond donors (Lipinski definition) is 0. The largest absolute Gasteiger partial charge is 0.338 e. The summed E-state index contributed by atoms with van der Waals surface area (Å²) in [5, 5.41) is 4.27. The van der Waals surface area contributed by atoms with Gasteiger partial charge in [0.1, 0.15) is 0 Å². The van der Waals surface area contributed by atoms with E-state index in [1.54, 1.807) is 0 Å². The monoisotopic (exact) mass is 308 g/mol. The molecule has 0 spiro atoms. The van der Waals surface area contributed by atoms with E-state index in [1.165, 1.54) is 22.8 Å². The van der Waals surface area contributed by atoms with Gasteiger partial charge in [-0.25, -0.2) is 0 Å². The molecule has 21 heavy (non-hydrogen) atoms. The highest BCUT2D eigenvalue weighted by Crippen LogP contribution is 2.25. The fourth-order valence-electron chi connectivity index (χ4n) is 3.45. The van der Waals surface area contributed by atoms with Crippen LogP contribution in [0.5, 0.6) is 0 Å². The molecule has 0 aliphatic carbocycles. The molecule has 0 aromatic carbocycles. The molecule has 116 valence electrons. The Bertz CT molecular complexity index is 502. The second-order valence-corrected chi connectivity index (χ2v) is 7.30. The van der Waals surface area contributed by atoms with Gasteiger partial charge in [0.25, 0.3) is 0 Å². The van der Waals surface area contributed by atoms with E-state index >= 15 is 0 Å². The van der Waals surface area contributed by atoms with Crippen LogP contribution >= 0.6 is 11.5 Å². The van der Waals surface area contributed by atoms with Crippen molar-refractivity contribution in [2.75, 3.05) is 19.6 Å². The lowest BCUT2D eigenvalue weighted by Crippen LogP contribution is -2.48. The van der Waals surface area contributed by atoms with Crippen LogP contribution < -0.4 is 0 Å². The van der Waals surface area contributed by atoms with E-state index in [0.717, 1.165) is 51.1 Å². The highest BCUT2D eigenvalue weighted by Gasteiger charge is 2.31. The summed E-state index contributed by atoms with van der Waals surface area (Å²) in [5.74, 6) is 0.781. The minimum atomic E-state index is 0.351. The van der Waals surface area contributed by atoms with E-state index in [-0.39, 0.29) is 0 Å². The zero-order valence-electron chi connectivity index (χ0n) is 12.9. The molecule has 3 rings (SSSR count). The van der Waals surface area contributed by atoms with Crippen LogP contribution in [-0.2, 0) is 11.3 Å². The third-order valence-corrected chi connectivity index (χ3v) is 5.25. The zero-order chi connectivity index (χ0) is 14.8. The average Bonchev–Trinajstić information content (AvgIpc) is 3.08. The van der Waals surface area contributed by atoms with Gasteiger partial charge in [-0.15, -0.1) is 5.10 Å². The summed E-state index contributed by atoms with van der Waals surface area (Å²) in [6, 6.07) is 0.414. The van der Waals surface area contributed by atoms with Crippen molar-refractivity contribution in [1.29, 1.82) is 0 Å². The van der Waals surface area contributed by atoms with E-state index in [1.807, 2.05) is 0 Å². The van der Waals surface area contributed by atoms with E-state index in [2.05, 4.69) is 33.2 Å². The fourth-order valence-corrected chi connectivity index (χ4v) is 4.29. The number of aromatic nitrogens is 2. The predicted molar refractivity (Wildman–Crippen MR) is 83.2 cm³/mol. The Hall–Kier alpha value is -1.01. The second kappa shape index (κ2) is 6.40. The van der Waals surface area contributed by atoms with E-state index in [9.17, 15) is 4.79 Å². The first-order chi connectivity index (χ1) is 10.1. The maximum Gasteiger partial charge on any atom is 0.222 e. The number of carbonyl (C=O) groups excluding carboxylic acids is 1. The van der Waals surface area contributed by atoms with Crippen molar-refractivity contribution >= 4 is 17.4 Å². The molecule has 0 bridgehead atoms. The maximum atomic E-state index is 11.9. The third kappa shape index (κ3) is 3.26. The van der Waals surface area contributed by atoms with Crippen LogP contribution in [0.4, 0.5) is 0 Å². The first-order valence-corrected chi connectivity index (χ1v) is 8.75. The Kier molecular flexibility index (Phi) is 4.54. The molecular weight excluding hydrogens is 284 g/mol. The number of piperidine rings is 1. The highest BCUT2D eigenvalue weighted by atomic mass is 32.1. The van der Waals surface area contributed by atoms with Gasteiger partial charge in [-0.3, -0.25) is 9.69 Å². The van der Waals surface area contributed by atoms with Crippen LogP contribution in [0.3, 0.4) is 0 Å². The van der Waals surface area contributed by atoms with Crippen LogP contribution in [0, 0.1) is 0 Å². The number of rotatable bonds is 4. The van der Waals surface area contributed by atoms with Gasteiger partial charge in [-0.2, -0.15) is 0 Å². The van der Waals surface area contributed by atoms with Crippen LogP contribution in [-0.4, -0.2) is 51.0 Å². The molecule has 2 aliphatic heterocycles. The standard InChI is InChI=1S/C15H24N4OS/c1-11(2)15-13(21-17-16-15)10-18-7-3-5-12(9-18)19-8-4-6-14(19)20/h11-12H,3-10H2,1-2H3/t12-/m1/s1. The van der Waals surface area contributed by atoms with Gasteiger partial charge < -0.3 is 4.90 Å². The second-order valence-electron chi connectivity index (χ2n) is 6.46. The molecule has 1 atom stereocenters. The minimum Gasteiger partial charge on any atom is -0.338 e. The number of nitrogens with zero attached hydrogens (tertiary/aromatic N) is 4. The molecule has 1 amide bonds. The van der Waals surface area contributed by atoms with Gasteiger partial charge in [-0.1, -0.05) is 18.3 Å². The van der Waals surface area contributed by atoms with Crippen molar-refractivity contribution in [1.82, 2.24) is 19.4 Å². The highest BCUT2D eigenvalue weighted by molar-refractivity contribution is 7.05. The number of amides is 1. The Balaban J connectivity index is 1.63. The van der Waals surface area contributed by atoms with Gasteiger partial charge in [-0.05, 0) is 43.3 Å². The zero-order valence-corrected chi connectivity index (χ0v) is 13.7. The summed E-state index contributed by atoms with van der Waals surface area (Å²) in [5.41, 5.74) is 1.14. The summed E-state index contributed by atoms with van der Waals surface area (Å²) in [6.07, 6.45) is 4.11. The molecule has 1 aromatic rings. The van der Waals surface area contributed by atoms with Gasteiger partial charge in [0, 0.05) is 32.1 Å². The number of carbonyl (C=O) groups is 1. The van der Waals surface area contributed by atoms with Gasteiger partial charge in [0.15, 0.2) is 0 Å². The van der Waals surface area contributed by atoms with Gasteiger partial charge in [0.05, 0.1) is 10.6 Å². The molecule has 0 radical (unpaired) electrons. The first-order valence-electron chi connectivity index (χ1n) is 7.98. The van der Waals surface area contributed by atoms with Crippen molar-refractivity contribution in [3.05, 3.63) is 10.6 Å². The third-order valence-electron chi connectivity index (χ3n) is 4.53. The SMILES string of the molecule is CC(C)c1nnsc1CN1CCC[C@@H](N2CCCC2=O)C1. The first kappa shape index (κ1) is 14.9. The molecule has 2 aliphatic rings. The van der Waals surface area contributed by atoms with Crippen molar-refractivity contribution in [2.24, 2.45) is 0 Å².